The lowest BCUT2D eigenvalue weighted by Crippen LogP contribution is -2.55. The molecule has 0 unspecified atom stereocenters. The Morgan fingerprint density at radius 2 is 1.88 bits per heavy atom. The Morgan fingerprint density at radius 3 is 2.35 bits per heavy atom. The second kappa shape index (κ2) is 6.90. The topological polar surface area (TPSA) is 29.5 Å². The molecule has 150 valence electrons. The summed E-state index contributed by atoms with van der Waals surface area (Å²) in [7, 11) is -1.82. The predicted octanol–water partition coefficient (Wildman–Crippen LogP) is 6.33. The molecule has 4 atom stereocenters. The van der Waals surface area contributed by atoms with E-state index in [9.17, 15) is 5.11 Å². The van der Waals surface area contributed by atoms with Crippen LogP contribution in [-0.2, 0) is 4.43 Å². The third-order valence-corrected chi connectivity index (χ3v) is 12.4. The molecule has 2 aliphatic carbocycles. The van der Waals surface area contributed by atoms with Crippen molar-refractivity contribution in [3.8, 4) is 0 Å². The fraction of sp³-hybridized carbons (Fsp3) is 0.826. The van der Waals surface area contributed by atoms with Gasteiger partial charge >= 0.3 is 0 Å². The molecule has 1 N–H and O–H groups in total. The monoisotopic (exact) mass is 378 g/mol. The molecule has 0 aromatic rings. The van der Waals surface area contributed by atoms with Crippen LogP contribution >= 0.6 is 0 Å². The van der Waals surface area contributed by atoms with E-state index in [1.54, 1.807) is 0 Å². The Kier molecular flexibility index (Phi) is 5.81. The zero-order valence-electron chi connectivity index (χ0n) is 18.7. The number of rotatable bonds is 4. The van der Waals surface area contributed by atoms with Gasteiger partial charge in [-0.3, -0.25) is 0 Å². The fourth-order valence-electron chi connectivity index (χ4n) is 4.86. The molecule has 0 radical (unpaired) electrons. The maximum absolute atomic E-state index is 10.1. The van der Waals surface area contributed by atoms with Crippen LogP contribution < -0.4 is 0 Å². The molecule has 2 aliphatic rings. The van der Waals surface area contributed by atoms with Crippen molar-refractivity contribution in [2.75, 3.05) is 6.61 Å². The predicted molar refractivity (Wildman–Crippen MR) is 115 cm³/mol. The largest absolute Gasteiger partial charge is 0.413 e. The lowest BCUT2D eigenvalue weighted by molar-refractivity contribution is -0.0170. The van der Waals surface area contributed by atoms with E-state index < -0.39 is 8.32 Å². The highest BCUT2D eigenvalue weighted by Crippen LogP contribution is 2.60. The van der Waals surface area contributed by atoms with Gasteiger partial charge in [-0.15, -0.1) is 0 Å². The molecule has 26 heavy (non-hydrogen) atoms. The normalized spacial score (nSPS) is 34.8. The van der Waals surface area contributed by atoms with Gasteiger partial charge < -0.3 is 9.53 Å². The molecule has 0 amide bonds. The molecule has 0 saturated heterocycles. The Morgan fingerprint density at radius 1 is 1.31 bits per heavy atom. The summed E-state index contributed by atoms with van der Waals surface area (Å²) in [5.74, 6) is 0.693. The smallest absolute Gasteiger partial charge is 0.192 e. The van der Waals surface area contributed by atoms with Crippen LogP contribution in [0.3, 0.4) is 0 Å². The van der Waals surface area contributed by atoms with Crippen LogP contribution in [-0.4, -0.2) is 26.1 Å². The molecular weight excluding hydrogens is 336 g/mol. The summed E-state index contributed by atoms with van der Waals surface area (Å²) in [6, 6.07) is 0. The lowest BCUT2D eigenvalue weighted by Gasteiger charge is -2.57. The van der Waals surface area contributed by atoms with Crippen LogP contribution in [0.5, 0.6) is 0 Å². The highest BCUT2D eigenvalue weighted by Gasteiger charge is 2.54. The van der Waals surface area contributed by atoms with Gasteiger partial charge in [0.25, 0.3) is 0 Å². The number of aliphatic hydroxyl groups excluding tert-OH is 1. The minimum atomic E-state index is -1.82. The van der Waals surface area contributed by atoms with Gasteiger partial charge in [-0.1, -0.05) is 65.3 Å². The van der Waals surface area contributed by atoms with E-state index in [1.807, 2.05) is 0 Å². The first-order valence-corrected chi connectivity index (χ1v) is 13.2. The van der Waals surface area contributed by atoms with Gasteiger partial charge in [0.1, 0.15) is 0 Å². The van der Waals surface area contributed by atoms with E-state index in [4.69, 9.17) is 4.43 Å². The number of aliphatic hydroxyl groups is 1. The van der Waals surface area contributed by atoms with Gasteiger partial charge in [0.05, 0.1) is 6.10 Å². The first kappa shape index (κ1) is 21.9. The van der Waals surface area contributed by atoms with Gasteiger partial charge in [0.2, 0.25) is 0 Å². The Bertz CT molecular complexity index is 582. The summed E-state index contributed by atoms with van der Waals surface area (Å²) in [6.07, 6.45) is 5.95. The van der Waals surface area contributed by atoms with Gasteiger partial charge in [0, 0.05) is 12.0 Å². The second-order valence-electron chi connectivity index (χ2n) is 11.2. The van der Waals surface area contributed by atoms with Crippen LogP contribution in [0.15, 0.2) is 23.8 Å². The van der Waals surface area contributed by atoms with E-state index in [0.717, 1.165) is 19.3 Å². The van der Waals surface area contributed by atoms with Crippen LogP contribution in [0, 0.1) is 22.7 Å². The molecule has 0 aromatic heterocycles. The number of allylic oxidation sites excluding steroid dienone is 2. The summed E-state index contributed by atoms with van der Waals surface area (Å²) >= 11 is 0. The summed E-state index contributed by atoms with van der Waals surface area (Å²) in [4.78, 5) is 0. The van der Waals surface area contributed by atoms with Crippen LogP contribution in [0.1, 0.15) is 67.7 Å². The molecule has 1 saturated carbocycles. The molecule has 2 rings (SSSR count). The van der Waals surface area contributed by atoms with Crippen molar-refractivity contribution in [3.05, 3.63) is 23.8 Å². The minimum absolute atomic E-state index is 0.00986. The minimum Gasteiger partial charge on any atom is -0.413 e. The molecular formula is C23H42O2Si. The quantitative estimate of drug-likeness (QED) is 0.457. The first-order valence-electron chi connectivity index (χ1n) is 10.3. The molecule has 0 spiro atoms. The SMILES string of the molecule is C=C(C)[C@@H]1C=C2C(C)(C)[C@@H](O[Si](C)(C)C(C)(C)C)CC[C@]2(C)[C@@H](CO)C1. The van der Waals surface area contributed by atoms with Crippen LogP contribution in [0.2, 0.25) is 18.1 Å². The fourth-order valence-corrected chi connectivity index (χ4v) is 6.34. The lowest BCUT2D eigenvalue weighted by atomic mass is 9.51. The van der Waals surface area contributed by atoms with Crippen molar-refractivity contribution in [2.24, 2.45) is 22.7 Å². The standard InChI is InChI=1S/C23H42O2Si/c1-16(2)17-13-18(15-24)23(8)12-11-20(22(6,7)19(23)14-17)25-26(9,10)21(3,4)5/h14,17-18,20,24H,1,11-13,15H2,2-10H3/t17-,18+,20-,23+/m0/s1. The highest BCUT2D eigenvalue weighted by molar-refractivity contribution is 6.74. The average molecular weight is 379 g/mol. The maximum atomic E-state index is 10.1. The van der Waals surface area contributed by atoms with Crippen LogP contribution in [0.4, 0.5) is 0 Å². The number of hydrogen-bond donors (Lipinski definition) is 1. The van der Waals surface area contributed by atoms with Crippen molar-refractivity contribution in [3.63, 3.8) is 0 Å². The van der Waals surface area contributed by atoms with Gasteiger partial charge in [-0.05, 0) is 61.6 Å². The molecule has 0 bridgehead atoms. The molecule has 0 aliphatic heterocycles. The van der Waals surface area contributed by atoms with Gasteiger partial charge in [0.15, 0.2) is 8.32 Å². The average Bonchev–Trinajstić information content (AvgIpc) is 2.48. The van der Waals surface area contributed by atoms with Crippen molar-refractivity contribution >= 4 is 8.32 Å². The molecule has 1 fully saturated rings. The van der Waals surface area contributed by atoms with Crippen molar-refractivity contribution in [1.29, 1.82) is 0 Å². The number of fused-ring (bicyclic) bond motifs is 1. The highest BCUT2D eigenvalue weighted by atomic mass is 28.4. The first-order chi connectivity index (χ1) is 11.7. The number of hydrogen-bond acceptors (Lipinski definition) is 2. The Balaban J connectivity index is 2.43. The van der Waals surface area contributed by atoms with Crippen molar-refractivity contribution in [1.82, 2.24) is 0 Å². The van der Waals surface area contributed by atoms with Crippen molar-refractivity contribution < 1.29 is 9.53 Å². The third-order valence-electron chi connectivity index (χ3n) is 7.94. The zero-order valence-corrected chi connectivity index (χ0v) is 19.7. The summed E-state index contributed by atoms with van der Waals surface area (Å²) in [5, 5.41) is 10.4. The van der Waals surface area contributed by atoms with Crippen LogP contribution in [0.25, 0.3) is 0 Å². The molecule has 0 heterocycles. The molecule has 2 nitrogen and oxygen atoms in total. The third kappa shape index (κ3) is 3.64. The summed E-state index contributed by atoms with van der Waals surface area (Å²) in [6.45, 7) is 25.4. The van der Waals surface area contributed by atoms with E-state index in [-0.39, 0.29) is 28.6 Å². The summed E-state index contributed by atoms with van der Waals surface area (Å²) in [5.41, 5.74) is 2.78. The van der Waals surface area contributed by atoms with E-state index in [2.05, 4.69) is 74.2 Å². The van der Waals surface area contributed by atoms with E-state index in [1.165, 1.54) is 11.1 Å². The zero-order chi connectivity index (χ0) is 20.1. The Labute approximate surface area is 163 Å². The van der Waals surface area contributed by atoms with Gasteiger partial charge in [-0.25, -0.2) is 0 Å². The van der Waals surface area contributed by atoms with Crippen molar-refractivity contribution in [2.45, 2.75) is 92.0 Å². The molecule has 3 heteroatoms. The summed E-state index contributed by atoms with van der Waals surface area (Å²) < 4.78 is 6.93. The second-order valence-corrected chi connectivity index (χ2v) is 15.9. The van der Waals surface area contributed by atoms with E-state index >= 15 is 0 Å². The maximum Gasteiger partial charge on any atom is 0.192 e. The Hall–Kier alpha value is -0.383. The van der Waals surface area contributed by atoms with E-state index in [0.29, 0.717) is 11.8 Å². The van der Waals surface area contributed by atoms with Gasteiger partial charge in [-0.2, -0.15) is 0 Å². The molecule has 0 aromatic carbocycles.